The van der Waals surface area contributed by atoms with Crippen molar-refractivity contribution in [3.8, 4) is 5.75 Å². The molecule has 1 heterocycles. The number of carbonyl (C=O) groups excluding carboxylic acids is 1. The molecule has 28 heavy (non-hydrogen) atoms. The van der Waals surface area contributed by atoms with Crippen molar-refractivity contribution >= 4 is 21.6 Å². The number of benzene rings is 2. The molecule has 1 fully saturated rings. The van der Waals surface area contributed by atoms with E-state index in [1.807, 2.05) is 0 Å². The molecule has 0 saturated carbocycles. The van der Waals surface area contributed by atoms with Gasteiger partial charge in [0.15, 0.2) is 0 Å². The van der Waals surface area contributed by atoms with Gasteiger partial charge in [-0.3, -0.25) is 4.79 Å². The molecule has 0 spiro atoms. The van der Waals surface area contributed by atoms with Crippen LogP contribution in [0.2, 0.25) is 0 Å². The molecule has 2 aromatic carbocycles. The first-order valence-electron chi connectivity index (χ1n) is 8.87. The predicted molar refractivity (Wildman–Crippen MR) is 99.9 cm³/mol. The summed E-state index contributed by atoms with van der Waals surface area (Å²) in [4.78, 5) is 12.2. The second kappa shape index (κ2) is 8.24. The molecule has 1 aliphatic rings. The Hall–Kier alpha value is -2.52. The fourth-order valence-corrected chi connectivity index (χ4v) is 4.71. The molecule has 1 amide bonds. The van der Waals surface area contributed by atoms with Gasteiger partial charge in [0, 0.05) is 18.8 Å². The van der Waals surface area contributed by atoms with Crippen LogP contribution < -0.4 is 10.1 Å². The highest BCUT2D eigenvalue weighted by Crippen LogP contribution is 2.32. The van der Waals surface area contributed by atoms with Crippen LogP contribution in [0.4, 0.5) is 14.5 Å². The van der Waals surface area contributed by atoms with Crippen molar-refractivity contribution in [1.29, 1.82) is 0 Å². The Morgan fingerprint density at radius 3 is 2.39 bits per heavy atom. The van der Waals surface area contributed by atoms with Crippen LogP contribution in [-0.2, 0) is 10.0 Å². The van der Waals surface area contributed by atoms with Crippen LogP contribution in [0.3, 0.4) is 0 Å². The van der Waals surface area contributed by atoms with Crippen LogP contribution in [0.15, 0.2) is 41.3 Å². The minimum Gasteiger partial charge on any atom is -0.492 e. The zero-order valence-electron chi connectivity index (χ0n) is 15.2. The van der Waals surface area contributed by atoms with Gasteiger partial charge in [-0.15, -0.1) is 0 Å². The van der Waals surface area contributed by atoms with Gasteiger partial charge in [0.2, 0.25) is 10.0 Å². The van der Waals surface area contributed by atoms with Crippen LogP contribution in [0.25, 0.3) is 0 Å². The Kier molecular flexibility index (Phi) is 5.95. The molecule has 0 atom stereocenters. The first-order chi connectivity index (χ1) is 13.3. The first kappa shape index (κ1) is 20.2. The fourth-order valence-electron chi connectivity index (χ4n) is 3.04. The number of nitrogens with zero attached hydrogens (tertiary/aromatic N) is 1. The van der Waals surface area contributed by atoms with E-state index in [0.29, 0.717) is 13.1 Å². The van der Waals surface area contributed by atoms with Crippen LogP contribution in [0.1, 0.15) is 30.1 Å². The van der Waals surface area contributed by atoms with Gasteiger partial charge < -0.3 is 10.1 Å². The van der Waals surface area contributed by atoms with E-state index >= 15 is 0 Å². The van der Waals surface area contributed by atoms with Gasteiger partial charge in [-0.2, -0.15) is 4.31 Å². The van der Waals surface area contributed by atoms with E-state index in [9.17, 15) is 22.0 Å². The van der Waals surface area contributed by atoms with E-state index in [2.05, 4.69) is 5.32 Å². The van der Waals surface area contributed by atoms with Crippen molar-refractivity contribution in [2.75, 3.05) is 25.0 Å². The monoisotopic (exact) mass is 410 g/mol. The number of hydrogen-bond donors (Lipinski definition) is 1. The van der Waals surface area contributed by atoms with Gasteiger partial charge in [0.25, 0.3) is 5.91 Å². The lowest BCUT2D eigenvalue weighted by Gasteiger charge is -2.19. The molecule has 150 valence electrons. The molecule has 0 unspecified atom stereocenters. The van der Waals surface area contributed by atoms with Gasteiger partial charge in [0.1, 0.15) is 27.8 Å². The molecule has 0 radical (unpaired) electrons. The maximum Gasteiger partial charge on any atom is 0.261 e. The van der Waals surface area contributed by atoms with Crippen molar-refractivity contribution in [2.24, 2.45) is 0 Å². The largest absolute Gasteiger partial charge is 0.492 e. The molecule has 0 aliphatic carbocycles. The number of anilines is 1. The molecule has 1 N–H and O–H groups in total. The molecule has 6 nitrogen and oxygen atoms in total. The summed E-state index contributed by atoms with van der Waals surface area (Å²) in [5.74, 6) is -2.87. The summed E-state index contributed by atoms with van der Waals surface area (Å²) < 4.78 is 60.3. The van der Waals surface area contributed by atoms with Crippen LogP contribution in [-0.4, -0.2) is 38.3 Å². The highest BCUT2D eigenvalue weighted by molar-refractivity contribution is 7.89. The average molecular weight is 410 g/mol. The summed E-state index contributed by atoms with van der Waals surface area (Å²) in [6, 6.07) is 7.18. The summed E-state index contributed by atoms with van der Waals surface area (Å²) >= 11 is 0. The zero-order valence-corrected chi connectivity index (χ0v) is 16.1. The third-order valence-corrected chi connectivity index (χ3v) is 6.29. The lowest BCUT2D eigenvalue weighted by molar-refractivity contribution is 0.101. The van der Waals surface area contributed by atoms with Crippen molar-refractivity contribution < 1.29 is 26.7 Å². The van der Waals surface area contributed by atoms with Crippen molar-refractivity contribution in [2.45, 2.75) is 24.7 Å². The summed E-state index contributed by atoms with van der Waals surface area (Å²) in [6.07, 6.45) is 1.54. The number of halogens is 2. The van der Waals surface area contributed by atoms with Crippen molar-refractivity contribution in [3.63, 3.8) is 0 Å². The Balaban J connectivity index is 1.96. The van der Waals surface area contributed by atoms with Crippen LogP contribution in [0.5, 0.6) is 5.75 Å². The van der Waals surface area contributed by atoms with E-state index < -0.39 is 33.1 Å². The minimum absolute atomic E-state index is 0.0916. The minimum atomic E-state index is -3.82. The molecule has 0 aromatic heterocycles. The highest BCUT2D eigenvalue weighted by Gasteiger charge is 2.30. The number of rotatable bonds is 6. The molecule has 9 heteroatoms. The Morgan fingerprint density at radius 1 is 1.14 bits per heavy atom. The summed E-state index contributed by atoms with van der Waals surface area (Å²) in [5, 5.41) is 2.35. The van der Waals surface area contributed by atoms with Gasteiger partial charge in [-0.05, 0) is 50.1 Å². The molecular formula is C19H20F2N2O4S. The normalized spacial score (nSPS) is 14.8. The number of sulfonamides is 1. The van der Waals surface area contributed by atoms with E-state index in [-0.39, 0.29) is 22.9 Å². The van der Waals surface area contributed by atoms with Crippen molar-refractivity contribution in [1.82, 2.24) is 4.31 Å². The van der Waals surface area contributed by atoms with Gasteiger partial charge >= 0.3 is 0 Å². The lowest BCUT2D eigenvalue weighted by Crippen LogP contribution is -2.28. The molecule has 1 saturated heterocycles. The predicted octanol–water partition coefficient (Wildman–Crippen LogP) is 3.40. The molecule has 0 bridgehead atoms. The molecular weight excluding hydrogens is 390 g/mol. The van der Waals surface area contributed by atoms with Crippen LogP contribution >= 0.6 is 0 Å². The third kappa shape index (κ3) is 4.00. The van der Waals surface area contributed by atoms with E-state index in [1.54, 1.807) is 6.92 Å². The quantitative estimate of drug-likeness (QED) is 0.792. The summed E-state index contributed by atoms with van der Waals surface area (Å²) in [6.45, 7) is 2.80. The first-order valence-corrected chi connectivity index (χ1v) is 10.3. The second-order valence-corrected chi connectivity index (χ2v) is 8.16. The fraction of sp³-hybridized carbons (Fsp3) is 0.316. The number of hydrogen-bond acceptors (Lipinski definition) is 4. The van der Waals surface area contributed by atoms with Gasteiger partial charge in [-0.25, -0.2) is 17.2 Å². The maximum absolute atomic E-state index is 13.8. The molecule has 2 aromatic rings. The Morgan fingerprint density at radius 2 is 1.79 bits per heavy atom. The lowest BCUT2D eigenvalue weighted by atomic mass is 10.1. The van der Waals surface area contributed by atoms with E-state index in [4.69, 9.17) is 4.74 Å². The average Bonchev–Trinajstić information content (AvgIpc) is 3.18. The number of nitrogens with one attached hydrogen (secondary N) is 1. The van der Waals surface area contributed by atoms with Gasteiger partial charge in [-0.1, -0.05) is 6.07 Å². The van der Waals surface area contributed by atoms with E-state index in [1.165, 1.54) is 22.5 Å². The summed E-state index contributed by atoms with van der Waals surface area (Å²) in [7, 11) is -3.82. The highest BCUT2D eigenvalue weighted by atomic mass is 32.2. The van der Waals surface area contributed by atoms with Crippen LogP contribution in [0, 0.1) is 11.6 Å². The second-order valence-electron chi connectivity index (χ2n) is 6.26. The number of carbonyl (C=O) groups is 1. The number of ether oxygens (including phenoxy) is 1. The molecule has 3 rings (SSSR count). The Labute approximate surface area is 162 Å². The zero-order chi connectivity index (χ0) is 20.3. The standard InChI is InChI=1S/C19H20F2N2O4S/c1-2-27-16-9-8-13(12-17(16)28(25,26)23-10-3-4-11-23)22-19(24)18-14(20)6-5-7-15(18)21/h5-9,12H,2-4,10-11H2,1H3,(H,22,24). The third-order valence-electron chi connectivity index (χ3n) is 4.37. The molecule has 1 aliphatic heterocycles. The Bertz CT molecular complexity index is 969. The maximum atomic E-state index is 13.8. The van der Waals surface area contributed by atoms with Gasteiger partial charge in [0.05, 0.1) is 6.61 Å². The topological polar surface area (TPSA) is 75.7 Å². The summed E-state index contributed by atoms with van der Waals surface area (Å²) in [5.41, 5.74) is -0.644. The SMILES string of the molecule is CCOc1ccc(NC(=O)c2c(F)cccc2F)cc1S(=O)(=O)N1CCCC1. The van der Waals surface area contributed by atoms with E-state index in [0.717, 1.165) is 31.0 Å². The smallest absolute Gasteiger partial charge is 0.261 e. The number of amides is 1. The van der Waals surface area contributed by atoms with Crippen molar-refractivity contribution in [3.05, 3.63) is 53.6 Å².